The van der Waals surface area contributed by atoms with Crippen LogP contribution in [0.3, 0.4) is 0 Å². The fourth-order valence-electron chi connectivity index (χ4n) is 5.72. The van der Waals surface area contributed by atoms with Gasteiger partial charge in [-0.05, 0) is 51.8 Å². The minimum Gasteiger partial charge on any atom is -0.441 e. The van der Waals surface area contributed by atoms with Crippen LogP contribution in [-0.4, -0.2) is 89.4 Å². The summed E-state index contributed by atoms with van der Waals surface area (Å²) in [6, 6.07) is 17.0. The number of hydrogen-bond donors (Lipinski definition) is 5. The molecule has 12 nitrogen and oxygen atoms in total. The summed E-state index contributed by atoms with van der Waals surface area (Å²) >= 11 is 0. The molecule has 5 amide bonds. The lowest BCUT2D eigenvalue weighted by Gasteiger charge is -2.33. The Balaban J connectivity index is 1.49. The zero-order valence-electron chi connectivity index (χ0n) is 27.1. The number of nitrogens with zero attached hydrogens (tertiary/aromatic N) is 1. The van der Waals surface area contributed by atoms with Gasteiger partial charge in [0.15, 0.2) is 12.6 Å². The molecule has 2 aliphatic rings. The van der Waals surface area contributed by atoms with Crippen molar-refractivity contribution >= 4 is 35.4 Å². The molecule has 2 aliphatic heterocycles. The van der Waals surface area contributed by atoms with Crippen molar-refractivity contribution in [2.24, 2.45) is 0 Å². The van der Waals surface area contributed by atoms with E-state index in [1.807, 2.05) is 24.3 Å². The Kier molecular flexibility index (Phi) is 10.8. The third-order valence-electron chi connectivity index (χ3n) is 8.62. The van der Waals surface area contributed by atoms with Crippen LogP contribution in [0.4, 0.5) is 0 Å². The number of likely N-dealkylation sites (N-methyl/N-ethyl adjacent to an activating group) is 1. The van der Waals surface area contributed by atoms with Crippen LogP contribution in [0.15, 0.2) is 60.7 Å². The Bertz CT molecular complexity index is 1480. The van der Waals surface area contributed by atoms with Gasteiger partial charge in [0.05, 0.1) is 6.42 Å². The summed E-state index contributed by atoms with van der Waals surface area (Å²) in [7, 11) is 1.46. The predicted octanol–water partition coefficient (Wildman–Crippen LogP) is 1.04. The predicted molar refractivity (Wildman–Crippen MR) is 172 cm³/mol. The van der Waals surface area contributed by atoms with Gasteiger partial charge < -0.3 is 31.3 Å². The molecular formula is C34H45N6O6+. The van der Waals surface area contributed by atoms with Gasteiger partial charge >= 0.3 is 5.90 Å². The highest BCUT2D eigenvalue weighted by atomic mass is 16.5. The normalized spacial score (nSPS) is 20.6. The van der Waals surface area contributed by atoms with E-state index >= 15 is 0 Å². The number of carbonyl (C=O) groups excluding carboxylic acids is 5. The van der Waals surface area contributed by atoms with Crippen LogP contribution in [0.2, 0.25) is 0 Å². The number of nitrogens with one attached hydrogen (secondary N) is 5. The van der Waals surface area contributed by atoms with Crippen LogP contribution in [0.1, 0.15) is 62.9 Å². The van der Waals surface area contributed by atoms with Crippen molar-refractivity contribution in [3.8, 4) is 0 Å². The average molecular weight is 634 g/mol. The highest BCUT2D eigenvalue weighted by molar-refractivity contribution is 6.01. The first-order valence-corrected chi connectivity index (χ1v) is 15.7. The first-order chi connectivity index (χ1) is 21.8. The van der Waals surface area contributed by atoms with Gasteiger partial charge in [-0.15, -0.1) is 0 Å². The maximum Gasteiger partial charge on any atom is 0.336 e. The number of carbonyl (C=O) groups is 5. The van der Waals surface area contributed by atoms with Gasteiger partial charge in [-0.2, -0.15) is 4.58 Å². The molecule has 5 N–H and O–H groups in total. The van der Waals surface area contributed by atoms with Crippen molar-refractivity contribution in [2.45, 2.75) is 82.6 Å². The second-order valence-corrected chi connectivity index (χ2v) is 12.5. The molecule has 46 heavy (non-hydrogen) atoms. The summed E-state index contributed by atoms with van der Waals surface area (Å²) in [6.07, 6.45) is 1.75. The van der Waals surface area contributed by atoms with Crippen LogP contribution >= 0.6 is 0 Å². The maximum atomic E-state index is 14.1. The standard InChI is InChI=1S/C34H44N6O6/c1-22(28(41)35-5)36-31(44)33(3,4)38-29(42)23(2)37-32(45)34(39-30(43)25-14-10-7-11-15-25)17-16-27-40(19-18-34)26(21-46-27)20-24-12-8-6-9-13-24/h6-15,22-23,26H,16-21H2,1-5H3,(H4-,35,36,37,38,39,41,42,43,44,45)/p+1/t22-,23-,26-,34+/m0/s1. The molecule has 0 aliphatic carbocycles. The zero-order valence-corrected chi connectivity index (χ0v) is 27.1. The van der Waals surface area contributed by atoms with E-state index in [1.165, 1.54) is 40.3 Å². The molecule has 0 bridgehead atoms. The summed E-state index contributed by atoms with van der Waals surface area (Å²) in [5, 5.41) is 13.5. The Morgan fingerprint density at radius 3 is 2.20 bits per heavy atom. The minimum atomic E-state index is -1.38. The molecule has 246 valence electrons. The highest BCUT2D eigenvalue weighted by Gasteiger charge is 2.48. The number of ether oxygens (including phenoxy) is 1. The molecule has 0 fully saturated rings. The van der Waals surface area contributed by atoms with Crippen molar-refractivity contribution in [1.29, 1.82) is 0 Å². The minimum absolute atomic E-state index is 0.0882. The molecule has 2 heterocycles. The lowest BCUT2D eigenvalue weighted by molar-refractivity contribution is -0.556. The number of benzene rings is 2. The number of hydrogen-bond acceptors (Lipinski definition) is 6. The monoisotopic (exact) mass is 633 g/mol. The lowest BCUT2D eigenvalue weighted by Crippen LogP contribution is -2.64. The summed E-state index contributed by atoms with van der Waals surface area (Å²) < 4.78 is 8.29. The molecule has 0 aromatic heterocycles. The van der Waals surface area contributed by atoms with Crippen LogP contribution in [0.25, 0.3) is 0 Å². The number of rotatable bonds is 11. The molecule has 0 unspecified atom stereocenters. The van der Waals surface area contributed by atoms with Crippen molar-refractivity contribution in [2.75, 3.05) is 20.2 Å². The van der Waals surface area contributed by atoms with Gasteiger partial charge in [0, 0.05) is 25.5 Å². The van der Waals surface area contributed by atoms with Crippen molar-refractivity contribution in [1.82, 2.24) is 26.6 Å². The van der Waals surface area contributed by atoms with Crippen molar-refractivity contribution < 1.29 is 33.3 Å². The first-order valence-electron chi connectivity index (χ1n) is 15.7. The van der Waals surface area contributed by atoms with Gasteiger partial charge in [0.1, 0.15) is 29.7 Å². The molecule has 0 radical (unpaired) electrons. The maximum absolute atomic E-state index is 14.1. The number of amides is 5. The largest absolute Gasteiger partial charge is 0.441 e. The van der Waals surface area contributed by atoms with E-state index in [-0.39, 0.29) is 24.8 Å². The third kappa shape index (κ3) is 8.09. The molecule has 4 atom stereocenters. The average Bonchev–Trinajstić information content (AvgIpc) is 3.32. The van der Waals surface area contributed by atoms with Gasteiger partial charge in [-0.25, -0.2) is 0 Å². The third-order valence-corrected chi connectivity index (χ3v) is 8.62. The SMILES string of the molecule is CNC(=O)[C@H](C)NC(=O)C(C)(C)NC(=O)[C@H](C)NC(=O)[C@@]1(NC(=O)c2ccccc2)CCC2=[N+](CC1)[C@@H](Cc1ccccc1)CO2. The highest BCUT2D eigenvalue weighted by Crippen LogP contribution is 2.27. The van der Waals surface area contributed by atoms with Crippen LogP contribution < -0.4 is 26.6 Å². The van der Waals surface area contributed by atoms with Crippen molar-refractivity contribution in [3.63, 3.8) is 0 Å². The molecule has 4 rings (SSSR count). The Morgan fingerprint density at radius 1 is 0.913 bits per heavy atom. The molecule has 0 saturated carbocycles. The topological polar surface area (TPSA) is 158 Å². The Hall–Kier alpha value is -4.74. The fraction of sp³-hybridized carbons (Fsp3) is 0.471. The van der Waals surface area contributed by atoms with Crippen LogP contribution in [0, 0.1) is 0 Å². The van der Waals surface area contributed by atoms with Crippen molar-refractivity contribution in [3.05, 3.63) is 71.8 Å². The van der Waals surface area contributed by atoms with Gasteiger partial charge in [0.25, 0.3) is 5.91 Å². The molecule has 12 heteroatoms. The molecule has 0 spiro atoms. The Morgan fingerprint density at radius 2 is 1.54 bits per heavy atom. The molecule has 2 aromatic rings. The van der Waals surface area contributed by atoms with Gasteiger partial charge in [0.2, 0.25) is 23.6 Å². The van der Waals surface area contributed by atoms with E-state index in [0.717, 1.165) is 12.3 Å². The molecule has 2 aromatic carbocycles. The quantitative estimate of drug-likeness (QED) is 0.233. The smallest absolute Gasteiger partial charge is 0.336 e. The summed E-state index contributed by atoms with van der Waals surface area (Å²) in [5.74, 6) is -1.65. The van der Waals surface area contributed by atoms with Gasteiger partial charge in [-0.1, -0.05) is 48.5 Å². The van der Waals surface area contributed by atoms with E-state index in [2.05, 4.69) is 43.3 Å². The molecular weight excluding hydrogens is 588 g/mol. The van der Waals surface area contributed by atoms with E-state index in [4.69, 9.17) is 4.74 Å². The summed E-state index contributed by atoms with van der Waals surface area (Å²) in [4.78, 5) is 65.5. The molecule has 0 saturated heterocycles. The van der Waals surface area contributed by atoms with Crippen LogP contribution in [-0.2, 0) is 30.3 Å². The fourth-order valence-corrected chi connectivity index (χ4v) is 5.72. The Labute approximate surface area is 269 Å². The zero-order chi connectivity index (χ0) is 33.5. The summed E-state index contributed by atoms with van der Waals surface area (Å²) in [5.41, 5.74) is -1.13. The summed E-state index contributed by atoms with van der Waals surface area (Å²) in [6.45, 7) is 7.08. The van der Waals surface area contributed by atoms with E-state index < -0.39 is 46.8 Å². The van der Waals surface area contributed by atoms with E-state index in [0.29, 0.717) is 25.1 Å². The van der Waals surface area contributed by atoms with E-state index in [9.17, 15) is 24.0 Å². The van der Waals surface area contributed by atoms with E-state index in [1.54, 1.807) is 24.3 Å². The second-order valence-electron chi connectivity index (χ2n) is 12.5. The lowest BCUT2D eigenvalue weighted by atomic mass is 9.88. The van der Waals surface area contributed by atoms with Gasteiger partial charge in [-0.3, -0.25) is 24.0 Å². The second kappa shape index (κ2) is 14.6. The van der Waals surface area contributed by atoms with Crippen LogP contribution in [0.5, 0.6) is 0 Å². The first kappa shape index (κ1) is 34.1.